The zero-order chi connectivity index (χ0) is 14.8. The molecule has 19 heavy (non-hydrogen) atoms. The molecule has 0 aromatic heterocycles. The summed E-state index contributed by atoms with van der Waals surface area (Å²) in [6, 6.07) is 0. The average molecular weight is 272 g/mol. The minimum Gasteiger partial charge on any atom is -0.464 e. The maximum Gasteiger partial charge on any atom is 0.335 e. The molecule has 0 spiro atoms. The van der Waals surface area contributed by atoms with Gasteiger partial charge in [-0.15, -0.1) is 0 Å². The molecule has 4 heteroatoms. The van der Waals surface area contributed by atoms with E-state index in [1.54, 1.807) is 0 Å². The van der Waals surface area contributed by atoms with Crippen LogP contribution in [0.4, 0.5) is 0 Å². The SMILES string of the molecule is CC(C)(C)CC(C(O)OC1CCOC1=O)C(C)(C)C. The van der Waals surface area contributed by atoms with E-state index in [0.717, 1.165) is 6.42 Å². The summed E-state index contributed by atoms with van der Waals surface area (Å²) in [5.74, 6) is -0.386. The number of carbonyl (C=O) groups is 1. The molecule has 0 amide bonds. The smallest absolute Gasteiger partial charge is 0.335 e. The first-order valence-corrected chi connectivity index (χ1v) is 7.01. The van der Waals surface area contributed by atoms with Crippen LogP contribution in [0.25, 0.3) is 0 Å². The standard InChI is InChI=1S/C15H28O4/c1-14(2,3)9-10(15(4,5)6)12(16)19-11-7-8-18-13(11)17/h10-12,16H,7-9H2,1-6H3. The van der Waals surface area contributed by atoms with E-state index in [1.165, 1.54) is 0 Å². The zero-order valence-electron chi connectivity index (χ0n) is 13.0. The molecule has 1 fully saturated rings. The molecule has 0 saturated carbocycles. The number of cyclic esters (lactones) is 1. The Labute approximate surface area is 116 Å². The number of ether oxygens (including phenoxy) is 2. The van der Waals surface area contributed by atoms with Crippen LogP contribution in [0.15, 0.2) is 0 Å². The molecule has 112 valence electrons. The molecule has 1 rings (SSSR count). The lowest BCUT2D eigenvalue weighted by molar-refractivity contribution is -0.196. The first-order chi connectivity index (χ1) is 8.50. The molecule has 1 saturated heterocycles. The van der Waals surface area contributed by atoms with E-state index in [9.17, 15) is 9.90 Å². The Hall–Kier alpha value is -0.610. The van der Waals surface area contributed by atoms with Crippen molar-refractivity contribution >= 4 is 5.97 Å². The third-order valence-electron chi connectivity index (χ3n) is 3.48. The van der Waals surface area contributed by atoms with Crippen LogP contribution in [-0.4, -0.2) is 30.1 Å². The van der Waals surface area contributed by atoms with E-state index >= 15 is 0 Å². The van der Waals surface area contributed by atoms with Crippen LogP contribution in [0.2, 0.25) is 0 Å². The summed E-state index contributed by atoms with van der Waals surface area (Å²) in [4.78, 5) is 11.4. The minimum atomic E-state index is -0.935. The summed E-state index contributed by atoms with van der Waals surface area (Å²) in [6.07, 6.45) is -0.184. The van der Waals surface area contributed by atoms with E-state index in [2.05, 4.69) is 41.5 Å². The summed E-state index contributed by atoms with van der Waals surface area (Å²) < 4.78 is 10.4. The average Bonchev–Trinajstić information content (AvgIpc) is 2.58. The van der Waals surface area contributed by atoms with Gasteiger partial charge in [0.15, 0.2) is 12.4 Å². The van der Waals surface area contributed by atoms with Crippen molar-refractivity contribution in [3.8, 4) is 0 Å². The van der Waals surface area contributed by atoms with Crippen molar-refractivity contribution in [1.82, 2.24) is 0 Å². The van der Waals surface area contributed by atoms with E-state index in [0.29, 0.717) is 13.0 Å². The first-order valence-electron chi connectivity index (χ1n) is 7.01. The highest BCUT2D eigenvalue weighted by Crippen LogP contribution is 2.39. The monoisotopic (exact) mass is 272 g/mol. The molecule has 4 nitrogen and oxygen atoms in total. The van der Waals surface area contributed by atoms with Crippen molar-refractivity contribution < 1.29 is 19.4 Å². The summed E-state index contributed by atoms with van der Waals surface area (Å²) in [5.41, 5.74) is 0.00762. The normalized spacial score (nSPS) is 24.2. The molecular weight excluding hydrogens is 244 g/mol. The van der Waals surface area contributed by atoms with Crippen molar-refractivity contribution in [3.63, 3.8) is 0 Å². The predicted molar refractivity (Wildman–Crippen MR) is 73.5 cm³/mol. The summed E-state index contributed by atoms with van der Waals surface area (Å²) in [5, 5.41) is 10.4. The van der Waals surface area contributed by atoms with Crippen LogP contribution in [0.3, 0.4) is 0 Å². The largest absolute Gasteiger partial charge is 0.464 e. The molecule has 3 unspecified atom stereocenters. The Morgan fingerprint density at radius 1 is 1.32 bits per heavy atom. The van der Waals surface area contributed by atoms with Crippen LogP contribution in [0, 0.1) is 16.7 Å². The Bertz CT molecular complexity index is 311. The third-order valence-corrected chi connectivity index (χ3v) is 3.48. The number of hydrogen-bond donors (Lipinski definition) is 1. The highest BCUT2D eigenvalue weighted by Gasteiger charge is 2.38. The lowest BCUT2D eigenvalue weighted by Crippen LogP contribution is -2.39. The number of aliphatic hydroxyl groups is 1. The van der Waals surface area contributed by atoms with E-state index in [1.807, 2.05) is 0 Å². The molecule has 1 N–H and O–H groups in total. The Balaban J connectivity index is 2.71. The van der Waals surface area contributed by atoms with E-state index in [4.69, 9.17) is 9.47 Å². The van der Waals surface area contributed by atoms with Crippen LogP contribution in [0.5, 0.6) is 0 Å². The molecule has 1 heterocycles. The third kappa shape index (κ3) is 5.11. The fraction of sp³-hybridized carbons (Fsp3) is 0.933. The van der Waals surface area contributed by atoms with Crippen LogP contribution in [-0.2, 0) is 14.3 Å². The number of rotatable bonds is 4. The second-order valence-corrected chi connectivity index (χ2v) is 7.71. The quantitative estimate of drug-likeness (QED) is 0.631. The second-order valence-electron chi connectivity index (χ2n) is 7.71. The molecule has 1 aliphatic rings. The van der Waals surface area contributed by atoms with E-state index in [-0.39, 0.29) is 22.7 Å². The van der Waals surface area contributed by atoms with Gasteiger partial charge in [0.1, 0.15) is 0 Å². The Kier molecular flexibility index (Phi) is 5.02. The van der Waals surface area contributed by atoms with Crippen LogP contribution < -0.4 is 0 Å². The van der Waals surface area contributed by atoms with Crippen LogP contribution in [0.1, 0.15) is 54.4 Å². The molecule has 1 aliphatic heterocycles. The van der Waals surface area contributed by atoms with Crippen molar-refractivity contribution in [2.45, 2.75) is 66.8 Å². The number of esters is 1. The second kappa shape index (κ2) is 5.80. The van der Waals surface area contributed by atoms with Crippen molar-refractivity contribution in [3.05, 3.63) is 0 Å². The summed E-state index contributed by atoms with van der Waals surface area (Å²) in [7, 11) is 0. The minimum absolute atomic E-state index is 0.0269. The topological polar surface area (TPSA) is 55.8 Å². The van der Waals surface area contributed by atoms with Gasteiger partial charge in [0, 0.05) is 12.3 Å². The lowest BCUT2D eigenvalue weighted by Gasteiger charge is -2.38. The predicted octanol–water partition coefficient (Wildman–Crippen LogP) is 2.74. The van der Waals surface area contributed by atoms with Crippen molar-refractivity contribution in [2.24, 2.45) is 16.7 Å². The molecule has 3 atom stereocenters. The van der Waals surface area contributed by atoms with Gasteiger partial charge in [-0.25, -0.2) is 4.79 Å². The maximum atomic E-state index is 11.4. The Morgan fingerprint density at radius 2 is 1.89 bits per heavy atom. The van der Waals surface area contributed by atoms with Gasteiger partial charge in [0.05, 0.1) is 6.61 Å². The summed E-state index contributed by atoms with van der Waals surface area (Å²) in [6.45, 7) is 13.1. The number of hydrogen-bond acceptors (Lipinski definition) is 4. The fourth-order valence-corrected chi connectivity index (χ4v) is 2.36. The molecular formula is C15H28O4. The maximum absolute atomic E-state index is 11.4. The summed E-state index contributed by atoms with van der Waals surface area (Å²) >= 11 is 0. The van der Waals surface area contributed by atoms with Crippen molar-refractivity contribution in [2.75, 3.05) is 6.61 Å². The molecule has 0 aliphatic carbocycles. The van der Waals surface area contributed by atoms with Gasteiger partial charge in [0.2, 0.25) is 0 Å². The van der Waals surface area contributed by atoms with Gasteiger partial charge in [-0.3, -0.25) is 0 Å². The van der Waals surface area contributed by atoms with Gasteiger partial charge in [0.25, 0.3) is 0 Å². The first kappa shape index (κ1) is 16.4. The fourth-order valence-electron chi connectivity index (χ4n) is 2.36. The molecule has 0 bridgehead atoms. The molecule has 0 aromatic carbocycles. The highest BCUT2D eigenvalue weighted by atomic mass is 16.6. The van der Waals surface area contributed by atoms with Crippen molar-refractivity contribution in [1.29, 1.82) is 0 Å². The number of carbonyl (C=O) groups excluding carboxylic acids is 1. The highest BCUT2D eigenvalue weighted by molar-refractivity contribution is 5.76. The van der Waals surface area contributed by atoms with E-state index < -0.39 is 12.4 Å². The van der Waals surface area contributed by atoms with Crippen LogP contribution >= 0.6 is 0 Å². The van der Waals surface area contributed by atoms with Gasteiger partial charge in [-0.1, -0.05) is 41.5 Å². The van der Waals surface area contributed by atoms with Gasteiger partial charge >= 0.3 is 5.97 Å². The lowest BCUT2D eigenvalue weighted by atomic mass is 9.72. The van der Waals surface area contributed by atoms with Gasteiger partial charge < -0.3 is 14.6 Å². The zero-order valence-corrected chi connectivity index (χ0v) is 13.0. The molecule has 0 radical (unpaired) electrons. The molecule has 0 aromatic rings. The Morgan fingerprint density at radius 3 is 2.26 bits per heavy atom. The van der Waals surface area contributed by atoms with Gasteiger partial charge in [-0.05, 0) is 17.3 Å². The van der Waals surface area contributed by atoms with Gasteiger partial charge in [-0.2, -0.15) is 0 Å². The number of aliphatic hydroxyl groups excluding tert-OH is 1.